The van der Waals surface area contributed by atoms with Gasteiger partial charge in [-0.05, 0) is 18.2 Å². The quantitative estimate of drug-likeness (QED) is 0.825. The van der Waals surface area contributed by atoms with Crippen LogP contribution < -0.4 is 4.90 Å². The lowest BCUT2D eigenvalue weighted by Crippen LogP contribution is -2.28. The van der Waals surface area contributed by atoms with Gasteiger partial charge in [0.2, 0.25) is 5.91 Å². The molecule has 1 aliphatic rings. The Hall–Kier alpha value is -2.57. The van der Waals surface area contributed by atoms with E-state index in [1.165, 1.54) is 37.3 Å². The van der Waals surface area contributed by atoms with Crippen LogP contribution in [0.2, 0.25) is 0 Å². The van der Waals surface area contributed by atoms with Crippen LogP contribution in [0.25, 0.3) is 0 Å². The van der Waals surface area contributed by atoms with E-state index >= 15 is 0 Å². The molecule has 21 heavy (non-hydrogen) atoms. The molecule has 1 fully saturated rings. The fourth-order valence-corrected chi connectivity index (χ4v) is 2.30. The van der Waals surface area contributed by atoms with E-state index in [9.17, 15) is 19.5 Å². The van der Waals surface area contributed by atoms with Crippen molar-refractivity contribution < 1.29 is 29.0 Å². The van der Waals surface area contributed by atoms with Gasteiger partial charge in [0.15, 0.2) is 0 Å². The Labute approximate surface area is 121 Å². The highest BCUT2D eigenvalue weighted by molar-refractivity contribution is 6.05. The molecule has 1 atom stereocenters. The molecule has 1 saturated heterocycles. The molecular formula is C14H15NO6. The fraction of sp³-hybridized carbons (Fsp3) is 0.357. The third kappa shape index (κ3) is 2.81. The van der Waals surface area contributed by atoms with E-state index in [4.69, 9.17) is 0 Å². The first-order valence-electron chi connectivity index (χ1n) is 6.27. The lowest BCUT2D eigenvalue weighted by molar-refractivity contribution is -0.145. The molecule has 1 aromatic carbocycles. The summed E-state index contributed by atoms with van der Waals surface area (Å²) < 4.78 is 9.28. The number of hydrogen-bond acceptors (Lipinski definition) is 6. The summed E-state index contributed by atoms with van der Waals surface area (Å²) in [5.74, 6) is -2.11. The number of carbonyl (C=O) groups is 3. The minimum absolute atomic E-state index is 0.0220. The number of anilines is 1. The van der Waals surface area contributed by atoms with Gasteiger partial charge in [-0.2, -0.15) is 0 Å². The zero-order chi connectivity index (χ0) is 15.6. The average Bonchev–Trinajstić information content (AvgIpc) is 2.87. The molecule has 112 valence electrons. The number of amides is 1. The Balaban J connectivity index is 2.36. The van der Waals surface area contributed by atoms with Gasteiger partial charge in [-0.1, -0.05) is 0 Å². The number of phenolic OH excluding ortho intramolecular Hbond substituents is 1. The van der Waals surface area contributed by atoms with Crippen molar-refractivity contribution in [1.82, 2.24) is 0 Å². The number of aromatic hydroxyl groups is 1. The maximum Gasteiger partial charge on any atom is 0.340 e. The first kappa shape index (κ1) is 14.8. The maximum absolute atomic E-state index is 12.1. The number of carbonyl (C=O) groups excluding carboxylic acids is 3. The molecule has 0 bridgehead atoms. The summed E-state index contributed by atoms with van der Waals surface area (Å²) in [7, 11) is 2.47. The van der Waals surface area contributed by atoms with E-state index in [1.807, 2.05) is 0 Å². The van der Waals surface area contributed by atoms with Gasteiger partial charge in [0.05, 0.1) is 31.4 Å². The van der Waals surface area contributed by atoms with E-state index in [-0.39, 0.29) is 30.2 Å². The number of nitrogens with zero attached hydrogens (tertiary/aromatic N) is 1. The third-order valence-corrected chi connectivity index (χ3v) is 3.34. The van der Waals surface area contributed by atoms with Crippen molar-refractivity contribution in [2.24, 2.45) is 5.92 Å². The van der Waals surface area contributed by atoms with Gasteiger partial charge < -0.3 is 19.5 Å². The van der Waals surface area contributed by atoms with Crippen molar-refractivity contribution in [3.63, 3.8) is 0 Å². The second-order valence-corrected chi connectivity index (χ2v) is 4.62. The van der Waals surface area contributed by atoms with Crippen LogP contribution in [0.1, 0.15) is 16.8 Å². The molecule has 1 amide bonds. The van der Waals surface area contributed by atoms with Crippen molar-refractivity contribution in [2.75, 3.05) is 25.7 Å². The highest BCUT2D eigenvalue weighted by Gasteiger charge is 2.37. The van der Waals surface area contributed by atoms with Crippen LogP contribution in [0.15, 0.2) is 18.2 Å². The molecular weight excluding hydrogens is 278 g/mol. The Morgan fingerprint density at radius 1 is 1.29 bits per heavy atom. The van der Waals surface area contributed by atoms with Crippen molar-refractivity contribution in [3.8, 4) is 5.75 Å². The van der Waals surface area contributed by atoms with Crippen LogP contribution in [0.3, 0.4) is 0 Å². The molecule has 1 aromatic rings. The molecule has 0 saturated carbocycles. The van der Waals surface area contributed by atoms with Gasteiger partial charge in [-0.25, -0.2) is 4.79 Å². The first-order valence-corrected chi connectivity index (χ1v) is 6.27. The van der Waals surface area contributed by atoms with Crippen LogP contribution >= 0.6 is 0 Å². The Morgan fingerprint density at radius 2 is 2.00 bits per heavy atom. The lowest BCUT2D eigenvalue weighted by atomic mass is 10.1. The minimum Gasteiger partial charge on any atom is -0.508 e. The van der Waals surface area contributed by atoms with Crippen molar-refractivity contribution in [3.05, 3.63) is 23.8 Å². The summed E-state index contributed by atoms with van der Waals surface area (Å²) in [6.07, 6.45) is 0.0220. The molecule has 1 aliphatic heterocycles. The van der Waals surface area contributed by atoms with Crippen LogP contribution in [0.5, 0.6) is 5.75 Å². The molecule has 2 rings (SSSR count). The van der Waals surface area contributed by atoms with Gasteiger partial charge in [-0.3, -0.25) is 9.59 Å². The Bertz CT molecular complexity index is 597. The number of rotatable bonds is 3. The van der Waals surface area contributed by atoms with E-state index in [1.54, 1.807) is 0 Å². The van der Waals surface area contributed by atoms with Crippen molar-refractivity contribution in [2.45, 2.75) is 6.42 Å². The summed E-state index contributed by atoms with van der Waals surface area (Å²) in [5, 5.41) is 9.48. The highest BCUT2D eigenvalue weighted by Crippen LogP contribution is 2.31. The van der Waals surface area contributed by atoms with E-state index in [0.717, 1.165) is 0 Å². The summed E-state index contributed by atoms with van der Waals surface area (Å²) in [6.45, 7) is 0.125. The van der Waals surface area contributed by atoms with Gasteiger partial charge in [-0.15, -0.1) is 0 Å². The minimum atomic E-state index is -0.671. The number of benzene rings is 1. The van der Waals surface area contributed by atoms with Gasteiger partial charge >= 0.3 is 11.9 Å². The second kappa shape index (κ2) is 5.82. The van der Waals surface area contributed by atoms with Crippen LogP contribution in [-0.4, -0.2) is 43.7 Å². The summed E-state index contributed by atoms with van der Waals surface area (Å²) in [6, 6.07) is 4.03. The normalized spacial score (nSPS) is 17.7. The molecule has 0 aromatic heterocycles. The molecule has 7 heteroatoms. The number of methoxy groups -OCH3 is 2. The predicted octanol–water partition coefficient (Wildman–Crippen LogP) is 0.705. The zero-order valence-electron chi connectivity index (χ0n) is 11.7. The second-order valence-electron chi connectivity index (χ2n) is 4.62. The molecule has 1 heterocycles. The fourth-order valence-electron chi connectivity index (χ4n) is 2.30. The largest absolute Gasteiger partial charge is 0.508 e. The van der Waals surface area contributed by atoms with Crippen molar-refractivity contribution >= 4 is 23.5 Å². The smallest absolute Gasteiger partial charge is 0.340 e. The van der Waals surface area contributed by atoms with Crippen LogP contribution in [0, 0.1) is 5.92 Å². The summed E-state index contributed by atoms with van der Waals surface area (Å²) >= 11 is 0. The molecule has 1 unspecified atom stereocenters. The number of esters is 2. The van der Waals surface area contributed by atoms with Crippen LogP contribution in [-0.2, 0) is 19.1 Å². The van der Waals surface area contributed by atoms with Gasteiger partial charge in [0, 0.05) is 13.0 Å². The number of phenols is 1. The van der Waals surface area contributed by atoms with E-state index in [0.29, 0.717) is 5.69 Å². The predicted molar refractivity (Wildman–Crippen MR) is 71.9 cm³/mol. The first-order chi connectivity index (χ1) is 9.97. The molecule has 0 radical (unpaired) electrons. The molecule has 0 spiro atoms. The molecule has 7 nitrogen and oxygen atoms in total. The monoisotopic (exact) mass is 293 g/mol. The zero-order valence-corrected chi connectivity index (χ0v) is 11.7. The van der Waals surface area contributed by atoms with Crippen LogP contribution in [0.4, 0.5) is 5.69 Å². The van der Waals surface area contributed by atoms with E-state index in [2.05, 4.69) is 9.47 Å². The number of hydrogen-bond donors (Lipinski definition) is 1. The lowest BCUT2D eigenvalue weighted by Gasteiger charge is -2.19. The van der Waals surface area contributed by atoms with Crippen molar-refractivity contribution in [1.29, 1.82) is 0 Å². The summed E-state index contributed by atoms with van der Waals surface area (Å²) in [5.41, 5.74) is 0.368. The van der Waals surface area contributed by atoms with Gasteiger partial charge in [0.1, 0.15) is 5.75 Å². The SMILES string of the molecule is COC(=O)c1cc(O)ccc1N1CC(C(=O)OC)CC1=O. The topological polar surface area (TPSA) is 93.1 Å². The standard InChI is InChI=1S/C14H15NO6/c1-20-13(18)8-5-12(17)15(7-8)11-4-3-9(16)6-10(11)14(19)21-2/h3-4,6,8,16H,5,7H2,1-2H3. The average molecular weight is 293 g/mol. The Morgan fingerprint density at radius 3 is 2.62 bits per heavy atom. The third-order valence-electron chi connectivity index (χ3n) is 3.34. The highest BCUT2D eigenvalue weighted by atomic mass is 16.5. The molecule has 0 aliphatic carbocycles. The molecule has 1 N–H and O–H groups in total. The van der Waals surface area contributed by atoms with E-state index < -0.39 is 17.9 Å². The Kier molecular flexibility index (Phi) is 4.11. The summed E-state index contributed by atoms with van der Waals surface area (Å²) in [4.78, 5) is 36.7. The van der Waals surface area contributed by atoms with Gasteiger partial charge in [0.25, 0.3) is 0 Å². The number of ether oxygens (including phenoxy) is 2. The maximum atomic E-state index is 12.1.